The highest BCUT2D eigenvalue weighted by atomic mass is 35.5. The Morgan fingerprint density at radius 2 is 2.10 bits per heavy atom. The first kappa shape index (κ1) is 21.8. The van der Waals surface area contributed by atoms with E-state index in [0.29, 0.717) is 21.3 Å². The van der Waals surface area contributed by atoms with Gasteiger partial charge in [-0.05, 0) is 39.0 Å². The zero-order valence-electron chi connectivity index (χ0n) is 17.2. The zero-order valence-corrected chi connectivity index (χ0v) is 19.6. The first-order valence-corrected chi connectivity index (χ1v) is 12.4. The monoisotopic (exact) mass is 479 g/mol. The van der Waals surface area contributed by atoms with Crippen LogP contribution in [0.4, 0.5) is 0 Å². The number of nitrogens with zero attached hydrogens (tertiary/aromatic N) is 3. The lowest BCUT2D eigenvalue weighted by molar-refractivity contribution is 0.0955. The van der Waals surface area contributed by atoms with Crippen molar-refractivity contribution in [3.63, 3.8) is 0 Å². The second-order valence-corrected chi connectivity index (χ2v) is 12.2. The van der Waals surface area contributed by atoms with Crippen molar-refractivity contribution >= 4 is 50.0 Å². The van der Waals surface area contributed by atoms with Crippen molar-refractivity contribution in [2.75, 3.05) is 5.75 Å². The SMILES string of the molecule is CC1(c2sc(C(=O)NCc3cnn4ccccc34)cc2Cl)CS(=O)(=O)C(C)(C)C(N)=N1. The van der Waals surface area contributed by atoms with Gasteiger partial charge in [-0.2, -0.15) is 5.10 Å². The van der Waals surface area contributed by atoms with Gasteiger partial charge in [0.05, 0.1) is 32.2 Å². The third-order valence-corrected chi connectivity index (χ3v) is 10.1. The fraction of sp³-hybridized carbons (Fsp3) is 0.350. The zero-order chi connectivity index (χ0) is 22.6. The maximum Gasteiger partial charge on any atom is 0.261 e. The van der Waals surface area contributed by atoms with Gasteiger partial charge in [0.15, 0.2) is 9.84 Å². The molecule has 8 nitrogen and oxygen atoms in total. The normalized spacial score (nSPS) is 22.3. The third-order valence-electron chi connectivity index (χ3n) is 5.58. The van der Waals surface area contributed by atoms with Gasteiger partial charge in [0.1, 0.15) is 16.1 Å². The Balaban J connectivity index is 1.59. The number of nitrogens with two attached hydrogens (primary N) is 1. The topological polar surface area (TPSA) is 119 Å². The summed E-state index contributed by atoms with van der Waals surface area (Å²) in [4.78, 5) is 18.1. The van der Waals surface area contributed by atoms with E-state index in [0.717, 1.165) is 22.4 Å². The highest BCUT2D eigenvalue weighted by molar-refractivity contribution is 7.93. The van der Waals surface area contributed by atoms with E-state index in [-0.39, 0.29) is 17.5 Å². The molecule has 3 aromatic heterocycles. The van der Waals surface area contributed by atoms with Gasteiger partial charge >= 0.3 is 0 Å². The van der Waals surface area contributed by atoms with E-state index >= 15 is 0 Å². The second kappa shape index (κ2) is 7.32. The minimum absolute atomic E-state index is 0.0322. The van der Waals surface area contributed by atoms with Gasteiger partial charge in [-0.15, -0.1) is 11.3 Å². The first-order chi connectivity index (χ1) is 14.4. The Hall–Kier alpha value is -2.43. The molecule has 1 unspecified atom stereocenters. The van der Waals surface area contributed by atoms with Crippen LogP contribution in [0, 0.1) is 0 Å². The van der Waals surface area contributed by atoms with Crippen molar-refractivity contribution in [2.24, 2.45) is 10.7 Å². The van der Waals surface area contributed by atoms with E-state index in [4.69, 9.17) is 17.3 Å². The molecule has 3 aromatic rings. The predicted molar refractivity (Wildman–Crippen MR) is 123 cm³/mol. The maximum atomic E-state index is 12.8. The standard InChI is InChI=1S/C20H22ClN5O3S2/c1-19(2)18(22)25-20(3,11-31(19,28)29)16-13(21)8-15(30-16)17(27)23-9-12-10-24-26-7-5-4-6-14(12)26/h4-8,10H,9,11H2,1-3H3,(H2,22,25)(H,23,27). The average molecular weight is 480 g/mol. The first-order valence-electron chi connectivity index (χ1n) is 9.52. The number of amidine groups is 1. The number of thiophene rings is 1. The maximum absolute atomic E-state index is 12.8. The van der Waals surface area contributed by atoms with Gasteiger partial charge in [-0.3, -0.25) is 9.79 Å². The number of hydrogen-bond donors (Lipinski definition) is 2. The van der Waals surface area contributed by atoms with Crippen LogP contribution in [-0.2, 0) is 21.9 Å². The van der Waals surface area contributed by atoms with Crippen LogP contribution in [0.1, 0.15) is 40.9 Å². The number of rotatable bonds is 4. The Bertz CT molecular complexity index is 1330. The number of pyridine rings is 1. The van der Waals surface area contributed by atoms with Crippen LogP contribution in [0.15, 0.2) is 41.7 Å². The van der Waals surface area contributed by atoms with E-state index in [2.05, 4.69) is 15.4 Å². The number of aliphatic imine (C=N–C) groups is 1. The summed E-state index contributed by atoms with van der Waals surface area (Å²) < 4.78 is 26.1. The van der Waals surface area contributed by atoms with Crippen LogP contribution in [0.5, 0.6) is 0 Å². The van der Waals surface area contributed by atoms with Gasteiger partial charge in [0, 0.05) is 18.3 Å². The summed E-state index contributed by atoms with van der Waals surface area (Å²) in [6.45, 7) is 5.04. The molecular weight excluding hydrogens is 458 g/mol. The number of nitrogens with one attached hydrogen (secondary N) is 1. The number of sulfone groups is 1. The molecule has 4 rings (SSSR count). The van der Waals surface area contributed by atoms with Crippen LogP contribution in [0.3, 0.4) is 0 Å². The summed E-state index contributed by atoms with van der Waals surface area (Å²) in [5.74, 6) is -0.519. The molecule has 0 bridgehead atoms. The smallest absolute Gasteiger partial charge is 0.261 e. The number of carbonyl (C=O) groups excluding carboxylic acids is 1. The minimum atomic E-state index is -3.57. The Morgan fingerprint density at radius 1 is 1.35 bits per heavy atom. The van der Waals surface area contributed by atoms with E-state index in [1.165, 1.54) is 19.9 Å². The van der Waals surface area contributed by atoms with Gasteiger partial charge in [0.25, 0.3) is 5.91 Å². The van der Waals surface area contributed by atoms with Gasteiger partial charge in [0.2, 0.25) is 0 Å². The van der Waals surface area contributed by atoms with Crippen LogP contribution in [0.25, 0.3) is 5.52 Å². The molecule has 0 radical (unpaired) electrons. The fourth-order valence-electron chi connectivity index (χ4n) is 3.49. The molecule has 0 spiro atoms. The molecule has 4 heterocycles. The van der Waals surface area contributed by atoms with Crippen molar-refractivity contribution in [1.82, 2.24) is 14.9 Å². The van der Waals surface area contributed by atoms with E-state index < -0.39 is 20.1 Å². The van der Waals surface area contributed by atoms with Crippen LogP contribution >= 0.6 is 22.9 Å². The highest BCUT2D eigenvalue weighted by Gasteiger charge is 2.50. The highest BCUT2D eigenvalue weighted by Crippen LogP contribution is 2.43. The Morgan fingerprint density at radius 3 is 2.81 bits per heavy atom. The van der Waals surface area contributed by atoms with Crippen LogP contribution in [-0.4, -0.2) is 40.3 Å². The minimum Gasteiger partial charge on any atom is -0.386 e. The summed E-state index contributed by atoms with van der Waals surface area (Å²) in [5, 5.41) is 7.41. The quantitative estimate of drug-likeness (QED) is 0.596. The van der Waals surface area contributed by atoms with Gasteiger partial charge in [-0.1, -0.05) is 17.7 Å². The average Bonchev–Trinajstić information content (AvgIpc) is 3.28. The summed E-state index contributed by atoms with van der Waals surface area (Å²) in [6.07, 6.45) is 3.54. The fourth-order valence-corrected chi connectivity index (χ4v) is 6.81. The molecule has 0 fully saturated rings. The summed E-state index contributed by atoms with van der Waals surface area (Å²) in [6, 6.07) is 7.24. The van der Waals surface area contributed by atoms with Crippen molar-refractivity contribution in [2.45, 2.75) is 37.6 Å². The molecule has 11 heteroatoms. The molecule has 0 saturated carbocycles. The van der Waals surface area contributed by atoms with Crippen molar-refractivity contribution in [3.05, 3.63) is 57.0 Å². The lowest BCUT2D eigenvalue weighted by Gasteiger charge is -2.37. The summed E-state index contributed by atoms with van der Waals surface area (Å²) >= 11 is 7.54. The van der Waals surface area contributed by atoms with Crippen LogP contribution < -0.4 is 11.1 Å². The molecule has 3 N–H and O–H groups in total. The number of fused-ring (bicyclic) bond motifs is 1. The number of hydrogen-bond acceptors (Lipinski definition) is 7. The van der Waals surface area contributed by atoms with Gasteiger partial charge in [-0.25, -0.2) is 12.9 Å². The molecular formula is C20H22ClN5O3S2. The van der Waals surface area contributed by atoms with E-state index in [1.54, 1.807) is 17.6 Å². The van der Waals surface area contributed by atoms with E-state index in [9.17, 15) is 13.2 Å². The molecule has 1 atom stereocenters. The Labute approximate surface area is 189 Å². The van der Waals surface area contributed by atoms with Crippen molar-refractivity contribution in [1.29, 1.82) is 0 Å². The lowest BCUT2D eigenvalue weighted by atomic mass is 10.0. The van der Waals surface area contributed by atoms with Crippen molar-refractivity contribution in [3.8, 4) is 0 Å². The molecule has 164 valence electrons. The molecule has 1 aliphatic heterocycles. The third kappa shape index (κ3) is 3.62. The Kier molecular flexibility index (Phi) is 5.14. The number of aromatic nitrogens is 2. The molecule has 31 heavy (non-hydrogen) atoms. The van der Waals surface area contributed by atoms with Gasteiger partial charge < -0.3 is 11.1 Å². The molecule has 1 amide bonds. The second-order valence-electron chi connectivity index (χ2n) is 8.21. The number of amides is 1. The predicted octanol–water partition coefficient (Wildman–Crippen LogP) is 2.76. The lowest BCUT2D eigenvalue weighted by Crippen LogP contribution is -2.54. The summed E-state index contributed by atoms with van der Waals surface area (Å²) in [7, 11) is -3.57. The molecule has 0 saturated heterocycles. The number of carbonyl (C=O) groups is 1. The summed E-state index contributed by atoms with van der Waals surface area (Å²) in [5.41, 5.74) is 6.64. The molecule has 0 aliphatic carbocycles. The molecule has 0 aromatic carbocycles. The van der Waals surface area contributed by atoms with Crippen LogP contribution in [0.2, 0.25) is 5.02 Å². The van der Waals surface area contributed by atoms with E-state index in [1.807, 2.05) is 24.4 Å². The number of halogens is 1. The van der Waals surface area contributed by atoms with Crippen molar-refractivity contribution < 1.29 is 13.2 Å². The largest absolute Gasteiger partial charge is 0.386 e. The molecule has 1 aliphatic rings.